The van der Waals surface area contributed by atoms with Crippen molar-refractivity contribution in [2.24, 2.45) is 0 Å². The Hall–Kier alpha value is -3.22. The zero-order valence-electron chi connectivity index (χ0n) is 16.5. The number of hydrogen-bond donors (Lipinski definition) is 0. The highest BCUT2D eigenvalue weighted by atomic mass is 16.5. The number of carbonyl (C=O) groups is 1. The number of amides is 1. The monoisotopic (exact) mass is 379 g/mol. The molecule has 28 heavy (non-hydrogen) atoms. The van der Waals surface area contributed by atoms with Crippen molar-refractivity contribution in [3.63, 3.8) is 0 Å². The van der Waals surface area contributed by atoms with Gasteiger partial charge in [0.25, 0.3) is 0 Å². The van der Waals surface area contributed by atoms with Crippen molar-refractivity contribution in [3.05, 3.63) is 65.5 Å². The molecule has 0 unspecified atom stereocenters. The molecule has 1 heterocycles. The molecule has 7 heteroatoms. The SMILES string of the molecule is CCOc1ccccc1CN(CC)C(=O)Cc1ccc(-n2nnnc2C)cc1. The molecule has 0 saturated carbocycles. The average Bonchev–Trinajstić information content (AvgIpc) is 3.14. The van der Waals surface area contributed by atoms with Gasteiger partial charge in [0.05, 0.1) is 18.7 Å². The van der Waals surface area contributed by atoms with Crippen LogP contribution in [0.3, 0.4) is 0 Å². The van der Waals surface area contributed by atoms with Crippen LogP contribution in [0.2, 0.25) is 0 Å². The third-order valence-corrected chi connectivity index (χ3v) is 4.53. The summed E-state index contributed by atoms with van der Waals surface area (Å²) in [5, 5.41) is 11.5. The van der Waals surface area contributed by atoms with Crippen LogP contribution >= 0.6 is 0 Å². The maximum atomic E-state index is 12.8. The Morgan fingerprint density at radius 3 is 2.50 bits per heavy atom. The molecule has 146 valence electrons. The van der Waals surface area contributed by atoms with E-state index in [9.17, 15) is 4.79 Å². The third kappa shape index (κ3) is 4.54. The van der Waals surface area contributed by atoms with E-state index in [4.69, 9.17) is 4.74 Å². The number of tetrazole rings is 1. The van der Waals surface area contributed by atoms with Crippen LogP contribution in [0, 0.1) is 6.92 Å². The zero-order valence-corrected chi connectivity index (χ0v) is 16.5. The number of rotatable bonds is 8. The van der Waals surface area contributed by atoms with Crippen LogP contribution in [-0.2, 0) is 17.8 Å². The first-order valence-electron chi connectivity index (χ1n) is 9.45. The van der Waals surface area contributed by atoms with Gasteiger partial charge in [0, 0.05) is 18.7 Å². The molecule has 0 radical (unpaired) electrons. The van der Waals surface area contributed by atoms with E-state index in [0.717, 1.165) is 22.6 Å². The van der Waals surface area contributed by atoms with Crippen molar-refractivity contribution in [2.45, 2.75) is 33.7 Å². The van der Waals surface area contributed by atoms with E-state index >= 15 is 0 Å². The lowest BCUT2D eigenvalue weighted by Crippen LogP contribution is -2.31. The predicted octanol–water partition coefficient (Wildman–Crippen LogP) is 2.96. The van der Waals surface area contributed by atoms with Crippen LogP contribution in [0.25, 0.3) is 5.69 Å². The van der Waals surface area contributed by atoms with Gasteiger partial charge >= 0.3 is 0 Å². The number of aryl methyl sites for hydroxylation is 1. The summed E-state index contributed by atoms with van der Waals surface area (Å²) in [6, 6.07) is 15.6. The highest BCUT2D eigenvalue weighted by Crippen LogP contribution is 2.20. The Bertz CT molecular complexity index is 921. The first-order valence-corrected chi connectivity index (χ1v) is 9.45. The Balaban J connectivity index is 1.68. The second-order valence-corrected chi connectivity index (χ2v) is 6.43. The summed E-state index contributed by atoms with van der Waals surface area (Å²) in [7, 11) is 0. The Morgan fingerprint density at radius 1 is 1.11 bits per heavy atom. The molecule has 0 N–H and O–H groups in total. The lowest BCUT2D eigenvalue weighted by molar-refractivity contribution is -0.130. The molecule has 0 aliphatic rings. The smallest absolute Gasteiger partial charge is 0.227 e. The van der Waals surface area contributed by atoms with Gasteiger partial charge in [0.2, 0.25) is 5.91 Å². The summed E-state index contributed by atoms with van der Waals surface area (Å²) < 4.78 is 7.34. The van der Waals surface area contributed by atoms with E-state index in [1.807, 2.05) is 74.2 Å². The molecule has 3 aromatic rings. The molecule has 2 aromatic carbocycles. The summed E-state index contributed by atoms with van der Waals surface area (Å²) in [5.74, 6) is 1.63. The fourth-order valence-electron chi connectivity index (χ4n) is 3.02. The maximum absolute atomic E-state index is 12.8. The maximum Gasteiger partial charge on any atom is 0.227 e. The molecule has 0 saturated heterocycles. The summed E-state index contributed by atoms with van der Waals surface area (Å²) in [6.45, 7) is 7.57. The van der Waals surface area contributed by atoms with Crippen molar-refractivity contribution in [2.75, 3.05) is 13.2 Å². The van der Waals surface area contributed by atoms with Crippen molar-refractivity contribution in [1.29, 1.82) is 0 Å². The normalized spacial score (nSPS) is 10.7. The minimum Gasteiger partial charge on any atom is -0.494 e. The van der Waals surface area contributed by atoms with E-state index in [1.54, 1.807) is 4.68 Å². The highest BCUT2D eigenvalue weighted by Gasteiger charge is 2.15. The number of aromatic nitrogens is 4. The summed E-state index contributed by atoms with van der Waals surface area (Å²) in [6.07, 6.45) is 0.347. The minimum atomic E-state index is 0.0835. The second-order valence-electron chi connectivity index (χ2n) is 6.43. The number of para-hydroxylation sites is 1. The molecule has 0 fully saturated rings. The molecule has 1 amide bonds. The highest BCUT2D eigenvalue weighted by molar-refractivity contribution is 5.79. The number of carbonyl (C=O) groups excluding carboxylic acids is 1. The number of benzene rings is 2. The van der Waals surface area contributed by atoms with Crippen LogP contribution in [-0.4, -0.2) is 44.2 Å². The van der Waals surface area contributed by atoms with Crippen LogP contribution in [0.5, 0.6) is 5.75 Å². The lowest BCUT2D eigenvalue weighted by Gasteiger charge is -2.22. The third-order valence-electron chi connectivity index (χ3n) is 4.53. The number of ether oxygens (including phenoxy) is 1. The molecule has 0 aliphatic heterocycles. The van der Waals surface area contributed by atoms with E-state index in [1.165, 1.54) is 0 Å². The topological polar surface area (TPSA) is 73.1 Å². The summed E-state index contributed by atoms with van der Waals surface area (Å²) >= 11 is 0. The van der Waals surface area contributed by atoms with Gasteiger partial charge in [0.15, 0.2) is 5.82 Å². The van der Waals surface area contributed by atoms with Crippen molar-refractivity contribution in [3.8, 4) is 11.4 Å². The van der Waals surface area contributed by atoms with E-state index < -0.39 is 0 Å². The molecular weight excluding hydrogens is 354 g/mol. The Kier molecular flexibility index (Phi) is 6.37. The molecule has 0 bridgehead atoms. The molecule has 7 nitrogen and oxygen atoms in total. The molecule has 0 aliphatic carbocycles. The van der Waals surface area contributed by atoms with Gasteiger partial charge in [-0.2, -0.15) is 4.68 Å². The standard InChI is InChI=1S/C21H25N5O2/c1-4-25(15-18-8-6-7-9-20(18)28-5-2)21(27)14-17-10-12-19(13-11-17)26-16(3)22-23-24-26/h6-13H,4-5,14-15H2,1-3H3. The van der Waals surface area contributed by atoms with Crippen molar-refractivity contribution in [1.82, 2.24) is 25.1 Å². The fourth-order valence-corrected chi connectivity index (χ4v) is 3.02. The van der Waals surface area contributed by atoms with Crippen LogP contribution in [0.15, 0.2) is 48.5 Å². The van der Waals surface area contributed by atoms with Crippen LogP contribution in [0.4, 0.5) is 0 Å². The van der Waals surface area contributed by atoms with Crippen LogP contribution in [0.1, 0.15) is 30.8 Å². The van der Waals surface area contributed by atoms with Gasteiger partial charge in [-0.3, -0.25) is 4.79 Å². The van der Waals surface area contributed by atoms with E-state index in [0.29, 0.717) is 31.9 Å². The van der Waals surface area contributed by atoms with Gasteiger partial charge in [-0.15, -0.1) is 5.10 Å². The fraction of sp³-hybridized carbons (Fsp3) is 0.333. The Morgan fingerprint density at radius 2 is 1.86 bits per heavy atom. The summed E-state index contributed by atoms with van der Waals surface area (Å²) in [5.41, 5.74) is 2.84. The predicted molar refractivity (Wildman–Crippen MR) is 106 cm³/mol. The molecule has 1 aromatic heterocycles. The number of hydrogen-bond acceptors (Lipinski definition) is 5. The minimum absolute atomic E-state index is 0.0835. The van der Waals surface area contributed by atoms with Crippen molar-refractivity contribution >= 4 is 5.91 Å². The average molecular weight is 379 g/mol. The molecule has 0 spiro atoms. The summed E-state index contributed by atoms with van der Waals surface area (Å²) in [4.78, 5) is 14.7. The quantitative estimate of drug-likeness (QED) is 0.602. The second kappa shape index (κ2) is 9.12. The van der Waals surface area contributed by atoms with Gasteiger partial charge < -0.3 is 9.64 Å². The molecule has 0 atom stereocenters. The van der Waals surface area contributed by atoms with Gasteiger partial charge in [0.1, 0.15) is 5.75 Å². The number of likely N-dealkylation sites (N-methyl/N-ethyl adjacent to an activating group) is 1. The van der Waals surface area contributed by atoms with E-state index in [2.05, 4.69) is 15.5 Å². The van der Waals surface area contributed by atoms with E-state index in [-0.39, 0.29) is 5.91 Å². The van der Waals surface area contributed by atoms with Crippen LogP contribution < -0.4 is 4.74 Å². The van der Waals surface area contributed by atoms with Gasteiger partial charge in [-0.1, -0.05) is 30.3 Å². The first-order chi connectivity index (χ1) is 13.6. The first kappa shape index (κ1) is 19.5. The largest absolute Gasteiger partial charge is 0.494 e. The Labute approximate surface area is 164 Å². The van der Waals surface area contributed by atoms with Crippen molar-refractivity contribution < 1.29 is 9.53 Å². The van der Waals surface area contributed by atoms with Gasteiger partial charge in [-0.05, 0) is 55.0 Å². The zero-order chi connectivity index (χ0) is 19.9. The molecular formula is C21H25N5O2. The van der Waals surface area contributed by atoms with Gasteiger partial charge in [-0.25, -0.2) is 0 Å². The number of nitrogens with zero attached hydrogens (tertiary/aromatic N) is 5. The lowest BCUT2D eigenvalue weighted by atomic mass is 10.1. The molecule has 3 rings (SSSR count).